The largest absolute Gasteiger partial charge is 0.273 e. The molecule has 0 aliphatic carbocycles. The second kappa shape index (κ2) is 7.32. The van der Waals surface area contributed by atoms with Gasteiger partial charge in [0.05, 0.1) is 17.4 Å². The molecule has 0 unspecified atom stereocenters. The number of hydroxylamine groups is 1. The van der Waals surface area contributed by atoms with E-state index in [2.05, 4.69) is 0 Å². The molecule has 32 heavy (non-hydrogen) atoms. The van der Waals surface area contributed by atoms with Gasteiger partial charge in [-0.05, 0) is 40.6 Å². The Kier molecular flexibility index (Phi) is 4.30. The van der Waals surface area contributed by atoms with Crippen LogP contribution in [-0.2, 0) is 14.4 Å². The highest BCUT2D eigenvalue weighted by Gasteiger charge is 2.60. The lowest BCUT2D eigenvalue weighted by molar-refractivity contribution is -0.126. The maximum absolute atomic E-state index is 13.7. The van der Waals surface area contributed by atoms with Gasteiger partial charge in [-0.25, -0.2) is 9.96 Å². The lowest BCUT2D eigenvalue weighted by Crippen LogP contribution is -2.37. The van der Waals surface area contributed by atoms with E-state index in [1.165, 1.54) is 4.90 Å². The lowest BCUT2D eigenvalue weighted by atomic mass is 9.90. The summed E-state index contributed by atoms with van der Waals surface area (Å²) < 4.78 is 0. The third-order valence-electron chi connectivity index (χ3n) is 6.26. The smallest absolute Gasteiger partial charge is 0.266 e. The Hall–Kier alpha value is -3.96. The van der Waals surface area contributed by atoms with Crippen molar-refractivity contribution in [3.05, 3.63) is 109 Å². The molecule has 2 aliphatic heterocycles. The number of carbonyl (C=O) groups is 2. The van der Waals surface area contributed by atoms with Crippen molar-refractivity contribution in [1.29, 1.82) is 0 Å². The minimum atomic E-state index is -0.862. The first-order chi connectivity index (χ1) is 15.7. The van der Waals surface area contributed by atoms with Crippen LogP contribution in [-0.4, -0.2) is 17.9 Å². The van der Waals surface area contributed by atoms with Crippen molar-refractivity contribution in [2.45, 2.75) is 12.1 Å². The van der Waals surface area contributed by atoms with Crippen LogP contribution in [0.3, 0.4) is 0 Å². The number of hydrogen-bond acceptors (Lipinski definition) is 4. The SMILES string of the molecule is O=C1[C@@H]2[C@@H](ON(c3ccccc3)[C@H]2c2ccccc2)C(=O)N1c1ccc2ccccc2c1. The number of para-hydroxylation sites is 1. The number of nitrogens with zero attached hydrogens (tertiary/aromatic N) is 2. The van der Waals surface area contributed by atoms with Crippen LogP contribution in [0.1, 0.15) is 11.6 Å². The van der Waals surface area contributed by atoms with Crippen molar-refractivity contribution >= 4 is 34.0 Å². The Morgan fingerprint density at radius 2 is 1.28 bits per heavy atom. The predicted octanol–water partition coefficient (Wildman–Crippen LogP) is 4.89. The summed E-state index contributed by atoms with van der Waals surface area (Å²) in [5.74, 6) is -1.19. The molecule has 2 aliphatic rings. The number of imide groups is 1. The molecule has 5 heteroatoms. The van der Waals surface area contributed by atoms with E-state index in [-0.39, 0.29) is 11.8 Å². The Labute approximate surface area is 185 Å². The lowest BCUT2D eigenvalue weighted by Gasteiger charge is -2.28. The highest BCUT2D eigenvalue weighted by atomic mass is 16.7. The van der Waals surface area contributed by atoms with Crippen LogP contribution in [0.4, 0.5) is 11.4 Å². The minimum Gasteiger partial charge on any atom is -0.273 e. The van der Waals surface area contributed by atoms with Crippen molar-refractivity contribution in [2.24, 2.45) is 5.92 Å². The molecule has 2 amide bonds. The van der Waals surface area contributed by atoms with Crippen LogP contribution in [0.5, 0.6) is 0 Å². The molecule has 0 bridgehead atoms. The summed E-state index contributed by atoms with van der Waals surface area (Å²) >= 11 is 0. The van der Waals surface area contributed by atoms with E-state index in [1.54, 1.807) is 5.06 Å². The van der Waals surface area contributed by atoms with Gasteiger partial charge < -0.3 is 0 Å². The zero-order valence-electron chi connectivity index (χ0n) is 17.2. The molecule has 5 nitrogen and oxygen atoms in total. The molecule has 6 rings (SSSR count). The molecule has 156 valence electrons. The molecular weight excluding hydrogens is 400 g/mol. The summed E-state index contributed by atoms with van der Waals surface area (Å²) in [5, 5.41) is 3.76. The second-order valence-corrected chi connectivity index (χ2v) is 8.11. The average Bonchev–Trinajstić information content (AvgIpc) is 3.36. The van der Waals surface area contributed by atoms with E-state index in [0.29, 0.717) is 5.69 Å². The van der Waals surface area contributed by atoms with Crippen LogP contribution in [0.25, 0.3) is 10.8 Å². The standard InChI is InChI=1S/C27H20N2O3/c30-26-23-24(19-10-3-1-4-11-19)29(21-13-5-2-6-14-21)32-25(23)27(31)28(26)22-16-15-18-9-7-8-12-20(18)17-22/h1-17,23-25H/t23-,24-,25+/m0/s1. The van der Waals surface area contributed by atoms with Crippen molar-refractivity contribution in [3.63, 3.8) is 0 Å². The summed E-state index contributed by atoms with van der Waals surface area (Å²) in [6.45, 7) is 0. The monoisotopic (exact) mass is 420 g/mol. The summed E-state index contributed by atoms with van der Waals surface area (Å²) in [6, 6.07) is 32.5. The molecule has 4 aromatic rings. The van der Waals surface area contributed by atoms with Crippen LogP contribution in [0.2, 0.25) is 0 Å². The van der Waals surface area contributed by atoms with Gasteiger partial charge in [-0.15, -0.1) is 0 Å². The van der Waals surface area contributed by atoms with Crippen molar-refractivity contribution < 1.29 is 14.4 Å². The van der Waals surface area contributed by atoms with Crippen LogP contribution in [0, 0.1) is 5.92 Å². The van der Waals surface area contributed by atoms with Gasteiger partial charge in [0.1, 0.15) is 5.92 Å². The van der Waals surface area contributed by atoms with Crippen LogP contribution in [0.15, 0.2) is 103 Å². The van der Waals surface area contributed by atoms with Gasteiger partial charge in [0.15, 0.2) is 6.10 Å². The van der Waals surface area contributed by atoms with Crippen molar-refractivity contribution in [1.82, 2.24) is 0 Å². The third-order valence-corrected chi connectivity index (χ3v) is 6.26. The van der Waals surface area contributed by atoms with Gasteiger partial charge in [0, 0.05) is 0 Å². The molecule has 0 saturated carbocycles. The van der Waals surface area contributed by atoms with Gasteiger partial charge in [0.2, 0.25) is 5.91 Å². The number of amides is 2. The van der Waals surface area contributed by atoms with Crippen molar-refractivity contribution in [2.75, 3.05) is 9.96 Å². The first kappa shape index (κ1) is 18.8. The Bertz CT molecular complexity index is 1320. The number of benzene rings is 4. The van der Waals surface area contributed by atoms with Crippen molar-refractivity contribution in [3.8, 4) is 0 Å². The fraction of sp³-hybridized carbons (Fsp3) is 0.111. The maximum atomic E-state index is 13.7. The fourth-order valence-corrected chi connectivity index (χ4v) is 4.77. The summed E-state index contributed by atoms with van der Waals surface area (Å²) in [5.41, 5.74) is 2.33. The number of hydrogen-bond donors (Lipinski definition) is 0. The molecule has 2 fully saturated rings. The molecule has 2 saturated heterocycles. The molecular formula is C27H20N2O3. The third kappa shape index (κ3) is 2.82. The average molecular weight is 420 g/mol. The Balaban J connectivity index is 1.43. The van der Waals surface area contributed by atoms with E-state index < -0.39 is 18.1 Å². The molecule has 0 spiro atoms. The van der Waals surface area contributed by atoms with Gasteiger partial charge in [0.25, 0.3) is 5.91 Å². The molecule has 0 N–H and O–H groups in total. The van der Waals surface area contributed by atoms with Crippen LogP contribution >= 0.6 is 0 Å². The Morgan fingerprint density at radius 3 is 2.03 bits per heavy atom. The Morgan fingerprint density at radius 1 is 0.625 bits per heavy atom. The maximum Gasteiger partial charge on any atom is 0.266 e. The quantitative estimate of drug-likeness (QED) is 0.443. The topological polar surface area (TPSA) is 49.9 Å². The molecule has 2 heterocycles. The molecule has 4 aromatic carbocycles. The minimum absolute atomic E-state index is 0.234. The second-order valence-electron chi connectivity index (χ2n) is 8.11. The van der Waals surface area contributed by atoms with Crippen LogP contribution < -0.4 is 9.96 Å². The molecule has 0 aromatic heterocycles. The van der Waals surface area contributed by atoms with E-state index >= 15 is 0 Å². The van der Waals surface area contributed by atoms with E-state index in [9.17, 15) is 9.59 Å². The van der Waals surface area contributed by atoms with E-state index in [1.807, 2.05) is 103 Å². The zero-order chi connectivity index (χ0) is 21.7. The highest BCUT2D eigenvalue weighted by Crippen LogP contribution is 2.47. The van der Waals surface area contributed by atoms with E-state index in [0.717, 1.165) is 22.0 Å². The summed E-state index contributed by atoms with van der Waals surface area (Å²) in [6.07, 6.45) is -0.862. The van der Waals surface area contributed by atoms with Gasteiger partial charge in [-0.3, -0.25) is 14.4 Å². The molecule has 0 radical (unpaired) electrons. The van der Waals surface area contributed by atoms with E-state index in [4.69, 9.17) is 4.84 Å². The number of anilines is 2. The summed E-state index contributed by atoms with van der Waals surface area (Å²) in [7, 11) is 0. The van der Waals surface area contributed by atoms with Gasteiger partial charge in [-0.2, -0.15) is 0 Å². The summed E-state index contributed by atoms with van der Waals surface area (Å²) in [4.78, 5) is 34.6. The first-order valence-corrected chi connectivity index (χ1v) is 10.6. The predicted molar refractivity (Wildman–Crippen MR) is 123 cm³/mol. The fourth-order valence-electron chi connectivity index (χ4n) is 4.77. The normalized spacial score (nSPS) is 22.6. The van der Waals surface area contributed by atoms with Gasteiger partial charge >= 0.3 is 0 Å². The molecule has 3 atom stereocenters. The zero-order valence-corrected chi connectivity index (χ0v) is 17.2. The first-order valence-electron chi connectivity index (χ1n) is 10.6. The number of fused-ring (bicyclic) bond motifs is 2. The highest BCUT2D eigenvalue weighted by molar-refractivity contribution is 6.24. The van der Waals surface area contributed by atoms with Gasteiger partial charge in [-0.1, -0.05) is 78.9 Å². The number of rotatable bonds is 3. The number of carbonyl (C=O) groups excluding carboxylic acids is 2.